The van der Waals surface area contributed by atoms with Gasteiger partial charge in [-0.25, -0.2) is 14.8 Å². The quantitative estimate of drug-likeness (QED) is 0.896. The number of carbonyl (C=O) groups excluding carboxylic acids is 2. The maximum absolute atomic E-state index is 12.0. The highest BCUT2D eigenvalue weighted by molar-refractivity contribution is 6.06. The molecule has 0 saturated carbocycles. The molecule has 2 heterocycles. The predicted octanol–water partition coefficient (Wildman–Crippen LogP) is 1.60. The molecule has 0 aliphatic rings. The Kier molecular flexibility index (Phi) is 4.50. The van der Waals surface area contributed by atoms with Crippen LogP contribution in [-0.2, 0) is 7.05 Å². The number of hydrogen-bond donors (Lipinski definition) is 2. The van der Waals surface area contributed by atoms with Crippen LogP contribution in [0.5, 0.6) is 0 Å². The monoisotopic (exact) mass is 302 g/mol. The van der Waals surface area contributed by atoms with Gasteiger partial charge in [0.05, 0.1) is 5.69 Å². The lowest BCUT2D eigenvalue weighted by Crippen LogP contribution is -2.35. The number of amides is 3. The van der Waals surface area contributed by atoms with Gasteiger partial charge in [0.2, 0.25) is 5.95 Å². The summed E-state index contributed by atoms with van der Waals surface area (Å²) in [7, 11) is 1.63. The van der Waals surface area contributed by atoms with Crippen molar-refractivity contribution in [1.29, 1.82) is 0 Å². The second-order valence-corrected chi connectivity index (χ2v) is 5.16. The molecule has 0 radical (unpaired) electrons. The van der Waals surface area contributed by atoms with E-state index in [0.29, 0.717) is 11.4 Å². The van der Waals surface area contributed by atoms with Crippen LogP contribution in [-0.4, -0.2) is 31.7 Å². The van der Waals surface area contributed by atoms with Crippen LogP contribution in [0.25, 0.3) is 0 Å². The Morgan fingerprint density at radius 1 is 1.32 bits per heavy atom. The summed E-state index contributed by atoms with van der Waals surface area (Å²) < 4.78 is 1.41. The molecule has 8 nitrogen and oxygen atoms in total. The molecule has 0 aliphatic heterocycles. The molecule has 8 heteroatoms. The van der Waals surface area contributed by atoms with E-state index in [1.165, 1.54) is 4.68 Å². The van der Waals surface area contributed by atoms with Crippen molar-refractivity contribution in [3.63, 3.8) is 0 Å². The van der Waals surface area contributed by atoms with E-state index in [9.17, 15) is 9.59 Å². The molecule has 0 spiro atoms. The maximum atomic E-state index is 12.0. The molecule has 22 heavy (non-hydrogen) atoms. The van der Waals surface area contributed by atoms with Crippen molar-refractivity contribution in [1.82, 2.24) is 25.1 Å². The van der Waals surface area contributed by atoms with Gasteiger partial charge in [0.1, 0.15) is 5.69 Å². The van der Waals surface area contributed by atoms with E-state index in [-0.39, 0.29) is 11.9 Å². The molecule has 2 aromatic rings. The molecule has 0 saturated heterocycles. The Hall–Kier alpha value is -2.77. The zero-order valence-electron chi connectivity index (χ0n) is 12.9. The normalized spacial score (nSPS) is 10.6. The first-order valence-corrected chi connectivity index (χ1v) is 6.82. The third-order valence-corrected chi connectivity index (χ3v) is 2.96. The maximum Gasteiger partial charge on any atom is 0.328 e. The number of nitrogens with zero attached hydrogens (tertiary/aromatic N) is 4. The van der Waals surface area contributed by atoms with Gasteiger partial charge in [-0.15, -0.1) is 0 Å². The van der Waals surface area contributed by atoms with Gasteiger partial charge in [-0.1, -0.05) is 13.8 Å². The molecule has 0 atom stereocenters. The second kappa shape index (κ2) is 6.33. The first-order chi connectivity index (χ1) is 10.4. The summed E-state index contributed by atoms with van der Waals surface area (Å²) in [5.74, 6) is -0.177. The number of nitrogens with one attached hydrogen (secondary N) is 2. The van der Waals surface area contributed by atoms with E-state index in [1.807, 2.05) is 13.8 Å². The van der Waals surface area contributed by atoms with Gasteiger partial charge in [0.15, 0.2) is 0 Å². The predicted molar refractivity (Wildman–Crippen MR) is 80.6 cm³/mol. The molecule has 0 unspecified atom stereocenters. The van der Waals surface area contributed by atoms with Crippen LogP contribution in [0.4, 0.5) is 10.7 Å². The fourth-order valence-electron chi connectivity index (χ4n) is 1.88. The molecule has 0 fully saturated rings. The number of urea groups is 1. The molecule has 0 aromatic carbocycles. The molecule has 3 amide bonds. The lowest BCUT2D eigenvalue weighted by Gasteiger charge is -2.08. The van der Waals surface area contributed by atoms with Crippen LogP contribution < -0.4 is 10.6 Å². The van der Waals surface area contributed by atoms with E-state index in [4.69, 9.17) is 0 Å². The lowest BCUT2D eigenvalue weighted by molar-refractivity contribution is 0.0958. The minimum absolute atomic E-state index is 0.151. The summed E-state index contributed by atoms with van der Waals surface area (Å²) in [6.45, 7) is 5.74. The first kappa shape index (κ1) is 15.6. The summed E-state index contributed by atoms with van der Waals surface area (Å²) in [5.41, 5.74) is 1.80. The van der Waals surface area contributed by atoms with Gasteiger partial charge in [0, 0.05) is 18.9 Å². The van der Waals surface area contributed by atoms with Crippen molar-refractivity contribution in [2.24, 2.45) is 7.05 Å². The zero-order valence-corrected chi connectivity index (χ0v) is 12.9. The number of carbonyl (C=O) groups is 2. The minimum Gasteiger partial charge on any atom is -0.276 e. The highest BCUT2D eigenvalue weighted by Gasteiger charge is 2.15. The molecule has 2 rings (SSSR count). The third kappa shape index (κ3) is 3.66. The largest absolute Gasteiger partial charge is 0.328 e. The summed E-state index contributed by atoms with van der Waals surface area (Å²) in [6, 6.07) is 2.68. The van der Waals surface area contributed by atoms with Crippen LogP contribution in [0.15, 0.2) is 18.3 Å². The summed E-state index contributed by atoms with van der Waals surface area (Å²) in [4.78, 5) is 32.0. The third-order valence-electron chi connectivity index (χ3n) is 2.96. The van der Waals surface area contributed by atoms with Crippen LogP contribution in [0.2, 0.25) is 0 Å². The number of rotatable bonds is 3. The molecule has 2 aromatic heterocycles. The second-order valence-electron chi connectivity index (χ2n) is 5.16. The van der Waals surface area contributed by atoms with Crippen molar-refractivity contribution in [3.8, 4) is 0 Å². The van der Waals surface area contributed by atoms with E-state index in [1.54, 1.807) is 32.3 Å². The number of imide groups is 1. The Labute approximate surface area is 128 Å². The molecular weight excluding hydrogens is 284 g/mol. The van der Waals surface area contributed by atoms with Crippen molar-refractivity contribution < 1.29 is 9.59 Å². The Bertz CT molecular complexity index is 707. The van der Waals surface area contributed by atoms with E-state index < -0.39 is 11.9 Å². The van der Waals surface area contributed by atoms with Gasteiger partial charge in [-0.2, -0.15) is 5.10 Å². The van der Waals surface area contributed by atoms with Crippen LogP contribution in [0.1, 0.15) is 41.6 Å². The number of aromatic nitrogens is 4. The van der Waals surface area contributed by atoms with Gasteiger partial charge in [0.25, 0.3) is 5.91 Å². The summed E-state index contributed by atoms with van der Waals surface area (Å²) >= 11 is 0. The zero-order chi connectivity index (χ0) is 16.3. The Morgan fingerprint density at radius 3 is 2.64 bits per heavy atom. The first-order valence-electron chi connectivity index (χ1n) is 6.82. The Balaban J connectivity index is 2.02. The summed E-state index contributed by atoms with van der Waals surface area (Å²) in [5, 5.41) is 8.71. The fourth-order valence-corrected chi connectivity index (χ4v) is 1.88. The minimum atomic E-state index is -0.690. The SMILES string of the molecule is Cc1cc(C(=O)NC(=O)Nc2nccc(C(C)C)n2)n(C)n1. The summed E-state index contributed by atoms with van der Waals surface area (Å²) in [6.07, 6.45) is 1.56. The van der Waals surface area contributed by atoms with E-state index in [0.717, 1.165) is 5.69 Å². The fraction of sp³-hybridized carbons (Fsp3) is 0.357. The lowest BCUT2D eigenvalue weighted by atomic mass is 10.1. The molecular formula is C14H18N6O2. The Morgan fingerprint density at radius 2 is 2.05 bits per heavy atom. The van der Waals surface area contributed by atoms with Crippen LogP contribution in [0.3, 0.4) is 0 Å². The standard InChI is InChI=1S/C14H18N6O2/c1-8(2)10-5-6-15-13(16-10)18-14(22)17-12(21)11-7-9(3)19-20(11)4/h5-8H,1-4H3,(H2,15,16,17,18,21,22). The number of anilines is 1. The highest BCUT2D eigenvalue weighted by atomic mass is 16.2. The average molecular weight is 302 g/mol. The molecule has 0 bridgehead atoms. The van der Waals surface area contributed by atoms with Gasteiger partial charge < -0.3 is 0 Å². The average Bonchev–Trinajstić information content (AvgIpc) is 2.77. The van der Waals surface area contributed by atoms with Crippen LogP contribution in [0, 0.1) is 6.92 Å². The number of aryl methyl sites for hydroxylation is 2. The van der Waals surface area contributed by atoms with Crippen LogP contribution >= 0.6 is 0 Å². The molecule has 0 aliphatic carbocycles. The van der Waals surface area contributed by atoms with Gasteiger partial charge in [-0.3, -0.25) is 20.1 Å². The van der Waals surface area contributed by atoms with Gasteiger partial charge in [-0.05, 0) is 25.0 Å². The van der Waals surface area contributed by atoms with Crippen molar-refractivity contribution >= 4 is 17.9 Å². The molecule has 2 N–H and O–H groups in total. The molecule has 116 valence electrons. The van der Waals surface area contributed by atoms with Gasteiger partial charge >= 0.3 is 6.03 Å². The van der Waals surface area contributed by atoms with Crippen molar-refractivity contribution in [3.05, 3.63) is 35.4 Å². The topological polar surface area (TPSA) is 102 Å². The van der Waals surface area contributed by atoms with E-state index >= 15 is 0 Å². The van der Waals surface area contributed by atoms with E-state index in [2.05, 4.69) is 25.7 Å². The highest BCUT2D eigenvalue weighted by Crippen LogP contribution is 2.11. The number of hydrogen-bond acceptors (Lipinski definition) is 5. The van der Waals surface area contributed by atoms with Crippen molar-refractivity contribution in [2.45, 2.75) is 26.7 Å². The van der Waals surface area contributed by atoms with Crippen molar-refractivity contribution in [2.75, 3.05) is 5.32 Å². The smallest absolute Gasteiger partial charge is 0.276 e.